The summed E-state index contributed by atoms with van der Waals surface area (Å²) in [6.07, 6.45) is -2.76. The topological polar surface area (TPSA) is 38.9 Å². The van der Waals surface area contributed by atoms with Crippen molar-refractivity contribution < 1.29 is 13.2 Å². The lowest BCUT2D eigenvalue weighted by molar-refractivity contribution is 0.146. The van der Waals surface area contributed by atoms with Crippen LogP contribution in [-0.4, -0.2) is 4.98 Å². The molecule has 0 amide bonds. The van der Waals surface area contributed by atoms with Crippen molar-refractivity contribution >= 4 is 16.6 Å². The van der Waals surface area contributed by atoms with Crippen molar-refractivity contribution in [2.45, 2.75) is 13.3 Å². The van der Waals surface area contributed by atoms with Crippen molar-refractivity contribution in [3.63, 3.8) is 0 Å². The lowest BCUT2D eigenvalue weighted by Gasteiger charge is -2.07. The Morgan fingerprint density at radius 2 is 1.94 bits per heavy atom. The van der Waals surface area contributed by atoms with Gasteiger partial charge in [0.2, 0.25) is 0 Å². The highest BCUT2D eigenvalue weighted by Gasteiger charge is 2.14. The molecule has 16 heavy (non-hydrogen) atoms. The molecule has 0 radical (unpaired) electrons. The number of hydrogen-bond donors (Lipinski definition) is 1. The molecule has 0 fully saturated rings. The van der Waals surface area contributed by atoms with E-state index in [1.54, 1.807) is 13.0 Å². The molecule has 0 bridgehead atoms. The van der Waals surface area contributed by atoms with Gasteiger partial charge in [0.05, 0.1) is 0 Å². The number of benzene rings is 1. The fourth-order valence-electron chi connectivity index (χ4n) is 1.58. The van der Waals surface area contributed by atoms with Gasteiger partial charge in [-0.25, -0.2) is 18.2 Å². The summed E-state index contributed by atoms with van der Waals surface area (Å²) in [7, 11) is 0. The molecular formula is C11H9F3N2. The fourth-order valence-corrected chi connectivity index (χ4v) is 1.58. The van der Waals surface area contributed by atoms with Crippen LogP contribution in [0.2, 0.25) is 0 Å². The van der Waals surface area contributed by atoms with Gasteiger partial charge in [0, 0.05) is 11.1 Å². The number of anilines is 1. The maximum Gasteiger partial charge on any atom is 0.280 e. The first-order valence-corrected chi connectivity index (χ1v) is 4.63. The molecule has 84 valence electrons. The molecule has 1 aromatic carbocycles. The molecule has 0 atom stereocenters. The lowest BCUT2D eigenvalue weighted by atomic mass is 10.1. The molecule has 5 heteroatoms. The van der Waals surface area contributed by atoms with E-state index >= 15 is 0 Å². The first-order chi connectivity index (χ1) is 7.49. The molecule has 2 N–H and O–H groups in total. The van der Waals surface area contributed by atoms with Crippen LogP contribution in [0.3, 0.4) is 0 Å². The zero-order valence-corrected chi connectivity index (χ0v) is 8.47. The zero-order chi connectivity index (χ0) is 11.9. The first-order valence-electron chi connectivity index (χ1n) is 4.63. The number of nitrogens with two attached hydrogens (primary N) is 1. The highest BCUT2D eigenvalue weighted by atomic mass is 19.3. The van der Waals surface area contributed by atoms with Gasteiger partial charge >= 0.3 is 0 Å². The predicted molar refractivity (Wildman–Crippen MR) is 55.8 cm³/mol. The lowest BCUT2D eigenvalue weighted by Crippen LogP contribution is -1.98. The molecule has 0 aliphatic rings. The van der Waals surface area contributed by atoms with Gasteiger partial charge < -0.3 is 5.73 Å². The van der Waals surface area contributed by atoms with Crippen molar-refractivity contribution in [2.75, 3.05) is 5.73 Å². The Morgan fingerprint density at radius 3 is 2.56 bits per heavy atom. The molecule has 0 aliphatic heterocycles. The summed E-state index contributed by atoms with van der Waals surface area (Å²) >= 11 is 0. The number of alkyl halides is 2. The second kappa shape index (κ2) is 3.66. The number of rotatable bonds is 1. The molecular weight excluding hydrogens is 217 g/mol. The smallest absolute Gasteiger partial charge is 0.280 e. The minimum absolute atomic E-state index is 0.110. The molecule has 0 saturated heterocycles. The van der Waals surface area contributed by atoms with Crippen LogP contribution in [0.15, 0.2) is 18.2 Å². The molecule has 0 unspecified atom stereocenters. The van der Waals surface area contributed by atoms with E-state index in [0.29, 0.717) is 10.9 Å². The van der Waals surface area contributed by atoms with Gasteiger partial charge in [-0.1, -0.05) is 0 Å². The monoisotopic (exact) mass is 226 g/mol. The number of aromatic nitrogens is 1. The number of fused-ring (bicyclic) bond motifs is 1. The van der Waals surface area contributed by atoms with E-state index in [4.69, 9.17) is 5.73 Å². The third kappa shape index (κ3) is 1.68. The summed E-state index contributed by atoms with van der Waals surface area (Å²) in [5, 5.41) is 0.363. The average molecular weight is 226 g/mol. The van der Waals surface area contributed by atoms with Crippen LogP contribution < -0.4 is 5.73 Å². The SMILES string of the molecule is Cc1cc(F)c2nc(C(F)F)cc(N)c2c1. The second-order valence-corrected chi connectivity index (χ2v) is 3.58. The Labute approximate surface area is 89.9 Å². The fraction of sp³-hybridized carbons (Fsp3) is 0.182. The van der Waals surface area contributed by atoms with Crippen molar-refractivity contribution in [3.05, 3.63) is 35.3 Å². The van der Waals surface area contributed by atoms with E-state index in [0.717, 1.165) is 6.07 Å². The molecule has 2 rings (SSSR count). The van der Waals surface area contributed by atoms with Gasteiger partial charge in [-0.3, -0.25) is 0 Å². The highest BCUT2D eigenvalue weighted by Crippen LogP contribution is 2.28. The Kier molecular flexibility index (Phi) is 2.46. The normalized spacial score (nSPS) is 11.3. The Bertz CT molecular complexity index is 552. The van der Waals surface area contributed by atoms with E-state index in [1.165, 1.54) is 6.07 Å². The van der Waals surface area contributed by atoms with Gasteiger partial charge in [0.25, 0.3) is 6.43 Å². The molecule has 0 aliphatic carbocycles. The van der Waals surface area contributed by atoms with Crippen LogP contribution in [0, 0.1) is 12.7 Å². The number of pyridine rings is 1. The molecule has 1 heterocycles. The minimum Gasteiger partial charge on any atom is -0.398 e. The minimum atomic E-state index is -2.76. The maximum atomic E-state index is 13.5. The number of nitrogens with zero attached hydrogens (tertiary/aromatic N) is 1. The Morgan fingerprint density at radius 1 is 1.25 bits per heavy atom. The zero-order valence-electron chi connectivity index (χ0n) is 8.47. The molecule has 1 aromatic heterocycles. The van der Waals surface area contributed by atoms with Crippen molar-refractivity contribution in [1.29, 1.82) is 0 Å². The molecule has 0 spiro atoms. The number of halogens is 3. The third-order valence-electron chi connectivity index (χ3n) is 2.29. The van der Waals surface area contributed by atoms with Crippen molar-refractivity contribution in [3.8, 4) is 0 Å². The van der Waals surface area contributed by atoms with Crippen LogP contribution in [0.4, 0.5) is 18.9 Å². The molecule has 2 nitrogen and oxygen atoms in total. The number of aryl methyl sites for hydroxylation is 1. The van der Waals surface area contributed by atoms with Crippen LogP contribution >= 0.6 is 0 Å². The maximum absolute atomic E-state index is 13.5. The number of nitrogen functional groups attached to an aromatic ring is 1. The van der Waals surface area contributed by atoms with E-state index in [2.05, 4.69) is 4.98 Å². The van der Waals surface area contributed by atoms with Crippen LogP contribution in [-0.2, 0) is 0 Å². The number of hydrogen-bond acceptors (Lipinski definition) is 2. The van der Waals surface area contributed by atoms with Gasteiger partial charge in [0.1, 0.15) is 17.0 Å². The predicted octanol–water partition coefficient (Wildman–Crippen LogP) is 3.20. The summed E-state index contributed by atoms with van der Waals surface area (Å²) in [4.78, 5) is 3.57. The van der Waals surface area contributed by atoms with Crippen molar-refractivity contribution in [2.24, 2.45) is 0 Å². The molecule has 2 aromatic rings. The summed E-state index contributed by atoms with van der Waals surface area (Å²) in [6.45, 7) is 1.70. The van der Waals surface area contributed by atoms with E-state index in [9.17, 15) is 13.2 Å². The Hall–Kier alpha value is -1.78. The van der Waals surface area contributed by atoms with Gasteiger partial charge in [-0.2, -0.15) is 0 Å². The highest BCUT2D eigenvalue weighted by molar-refractivity contribution is 5.91. The average Bonchev–Trinajstić information content (AvgIpc) is 2.19. The quantitative estimate of drug-likeness (QED) is 0.810. The molecule has 0 saturated carbocycles. The van der Waals surface area contributed by atoms with Crippen LogP contribution in [0.25, 0.3) is 10.9 Å². The van der Waals surface area contributed by atoms with E-state index in [1.807, 2.05) is 0 Å². The van der Waals surface area contributed by atoms with Gasteiger partial charge in [-0.15, -0.1) is 0 Å². The van der Waals surface area contributed by atoms with E-state index < -0.39 is 17.9 Å². The van der Waals surface area contributed by atoms with Crippen molar-refractivity contribution in [1.82, 2.24) is 4.98 Å². The summed E-state index contributed by atoms with van der Waals surface area (Å²) in [5.74, 6) is -0.635. The second-order valence-electron chi connectivity index (χ2n) is 3.58. The summed E-state index contributed by atoms with van der Waals surface area (Å²) < 4.78 is 38.4. The Balaban J connectivity index is 2.82. The first kappa shape index (κ1) is 10.7. The summed E-state index contributed by atoms with van der Waals surface area (Å²) in [5.41, 5.74) is 5.76. The largest absolute Gasteiger partial charge is 0.398 e. The van der Waals surface area contributed by atoms with E-state index in [-0.39, 0.29) is 11.2 Å². The third-order valence-corrected chi connectivity index (χ3v) is 2.29. The summed E-state index contributed by atoms with van der Waals surface area (Å²) in [6, 6.07) is 3.94. The standard InChI is InChI=1S/C11H9F3N2/c1-5-2-6-8(15)4-9(11(13)14)16-10(6)7(12)3-5/h2-4,11H,1H3,(H2,15,16). The van der Waals surface area contributed by atoms with Crippen LogP contribution in [0.1, 0.15) is 17.7 Å². The van der Waals surface area contributed by atoms with Gasteiger partial charge in [-0.05, 0) is 30.7 Å². The van der Waals surface area contributed by atoms with Crippen LogP contribution in [0.5, 0.6) is 0 Å². The van der Waals surface area contributed by atoms with Gasteiger partial charge in [0.15, 0.2) is 0 Å².